The van der Waals surface area contributed by atoms with Crippen molar-refractivity contribution in [3.63, 3.8) is 0 Å². The number of likely N-dealkylation sites (tertiary alicyclic amines) is 1. The largest absolute Gasteiger partial charge is 0.338 e. The van der Waals surface area contributed by atoms with Crippen LogP contribution < -0.4 is 0 Å². The molecule has 2 aromatic rings. The number of hydrogen-bond donors (Lipinski definition) is 0. The van der Waals surface area contributed by atoms with E-state index in [-0.39, 0.29) is 11.8 Å². The van der Waals surface area contributed by atoms with E-state index in [4.69, 9.17) is 0 Å². The van der Waals surface area contributed by atoms with E-state index in [1.807, 2.05) is 11.0 Å². The van der Waals surface area contributed by atoms with Crippen molar-refractivity contribution in [1.29, 1.82) is 0 Å². The number of rotatable bonds is 3. The molecule has 0 unspecified atom stereocenters. The fourth-order valence-corrected chi connectivity index (χ4v) is 3.13. The summed E-state index contributed by atoms with van der Waals surface area (Å²) >= 11 is 0. The Kier molecular flexibility index (Phi) is 3.73. The van der Waals surface area contributed by atoms with Gasteiger partial charge in [0.15, 0.2) is 0 Å². The Morgan fingerprint density at radius 1 is 1.09 bits per heavy atom. The number of amides is 1. The topological polar surface area (TPSA) is 71.9 Å². The predicted octanol–water partition coefficient (Wildman–Crippen LogP) is 2.16. The van der Waals surface area contributed by atoms with E-state index < -0.39 is 0 Å². The number of aromatic nitrogens is 4. The van der Waals surface area contributed by atoms with Crippen LogP contribution in [0.5, 0.6) is 0 Å². The van der Waals surface area contributed by atoms with Gasteiger partial charge in [-0.15, -0.1) is 0 Å². The molecule has 2 aliphatic rings. The summed E-state index contributed by atoms with van der Waals surface area (Å²) in [5.41, 5.74) is 1.59. The second kappa shape index (κ2) is 6.02. The first-order valence-corrected chi connectivity index (χ1v) is 8.18. The number of carbonyl (C=O) groups excluding carboxylic acids is 1. The molecule has 118 valence electrons. The maximum atomic E-state index is 12.7. The van der Waals surface area contributed by atoms with Gasteiger partial charge in [0.05, 0.1) is 5.56 Å². The lowest BCUT2D eigenvalue weighted by Gasteiger charge is -2.32. The molecule has 4 rings (SSSR count). The highest BCUT2D eigenvalue weighted by Crippen LogP contribution is 2.37. The summed E-state index contributed by atoms with van der Waals surface area (Å²) in [4.78, 5) is 31.6. The number of hydrogen-bond acceptors (Lipinski definition) is 5. The van der Waals surface area contributed by atoms with Crippen LogP contribution in [0.1, 0.15) is 59.4 Å². The summed E-state index contributed by atoms with van der Waals surface area (Å²) in [5.74, 6) is 1.68. The molecule has 1 aliphatic heterocycles. The summed E-state index contributed by atoms with van der Waals surface area (Å²) in [7, 11) is 0. The van der Waals surface area contributed by atoms with Crippen molar-refractivity contribution in [2.45, 2.75) is 37.5 Å². The van der Waals surface area contributed by atoms with Crippen molar-refractivity contribution in [3.05, 3.63) is 48.1 Å². The molecular weight excluding hydrogens is 290 g/mol. The van der Waals surface area contributed by atoms with Gasteiger partial charge in [0, 0.05) is 49.2 Å². The van der Waals surface area contributed by atoms with Crippen molar-refractivity contribution >= 4 is 5.91 Å². The van der Waals surface area contributed by atoms with Crippen LogP contribution in [0.15, 0.2) is 31.0 Å². The molecule has 0 radical (unpaired) electrons. The molecule has 6 heteroatoms. The predicted molar refractivity (Wildman–Crippen MR) is 83.9 cm³/mol. The highest BCUT2D eigenvalue weighted by Gasteiger charge is 2.28. The molecule has 23 heavy (non-hydrogen) atoms. The van der Waals surface area contributed by atoms with Gasteiger partial charge in [-0.2, -0.15) is 0 Å². The second-order valence-corrected chi connectivity index (χ2v) is 6.33. The zero-order valence-corrected chi connectivity index (χ0v) is 12.9. The molecule has 2 aromatic heterocycles. The third-order valence-electron chi connectivity index (χ3n) is 4.59. The van der Waals surface area contributed by atoms with Crippen LogP contribution in [0.3, 0.4) is 0 Å². The highest BCUT2D eigenvalue weighted by atomic mass is 16.2. The molecule has 0 aromatic carbocycles. The first kappa shape index (κ1) is 14.2. The minimum atomic E-state index is 0.0195. The first-order valence-electron chi connectivity index (χ1n) is 8.18. The maximum Gasteiger partial charge on any atom is 0.257 e. The van der Waals surface area contributed by atoms with Crippen molar-refractivity contribution in [2.75, 3.05) is 13.1 Å². The van der Waals surface area contributed by atoms with Crippen molar-refractivity contribution in [2.24, 2.45) is 0 Å². The Balaban J connectivity index is 1.47. The van der Waals surface area contributed by atoms with Gasteiger partial charge < -0.3 is 4.90 Å². The molecule has 1 amide bonds. The summed E-state index contributed by atoms with van der Waals surface area (Å²) in [5, 5.41) is 0. The van der Waals surface area contributed by atoms with E-state index >= 15 is 0 Å². The van der Waals surface area contributed by atoms with Gasteiger partial charge in [0.2, 0.25) is 0 Å². The zero-order valence-electron chi connectivity index (χ0n) is 12.9. The molecule has 1 aliphatic carbocycles. The molecule has 3 heterocycles. The number of carbonyl (C=O) groups is 1. The van der Waals surface area contributed by atoms with Gasteiger partial charge in [-0.25, -0.2) is 19.9 Å². The van der Waals surface area contributed by atoms with Crippen LogP contribution in [-0.4, -0.2) is 43.8 Å². The quantitative estimate of drug-likeness (QED) is 0.869. The van der Waals surface area contributed by atoms with Gasteiger partial charge >= 0.3 is 0 Å². The summed E-state index contributed by atoms with van der Waals surface area (Å²) in [6, 6.07) is 1.94. The fraction of sp³-hybridized carbons (Fsp3) is 0.471. The Morgan fingerprint density at radius 2 is 1.91 bits per heavy atom. The van der Waals surface area contributed by atoms with Crippen molar-refractivity contribution in [1.82, 2.24) is 24.8 Å². The molecule has 1 atom stereocenters. The highest BCUT2D eigenvalue weighted by molar-refractivity contribution is 5.93. The van der Waals surface area contributed by atoms with Gasteiger partial charge in [0.1, 0.15) is 12.2 Å². The van der Waals surface area contributed by atoms with E-state index in [1.54, 1.807) is 24.9 Å². The van der Waals surface area contributed by atoms with Gasteiger partial charge in [-0.1, -0.05) is 0 Å². The van der Waals surface area contributed by atoms with E-state index in [2.05, 4.69) is 19.9 Å². The van der Waals surface area contributed by atoms with E-state index in [9.17, 15) is 4.79 Å². The lowest BCUT2D eigenvalue weighted by Crippen LogP contribution is -2.39. The van der Waals surface area contributed by atoms with E-state index in [1.165, 1.54) is 12.8 Å². The monoisotopic (exact) mass is 309 g/mol. The SMILES string of the molecule is O=C(c1cnc(C2CC2)nc1)N1CCC[C@H](c2ccncn2)C1. The normalized spacial score (nSPS) is 21.2. The average Bonchev–Trinajstić information content (AvgIpc) is 3.47. The zero-order chi connectivity index (χ0) is 15.6. The van der Waals surface area contributed by atoms with Crippen LogP contribution in [-0.2, 0) is 0 Å². The van der Waals surface area contributed by atoms with E-state index in [0.717, 1.165) is 30.9 Å². The van der Waals surface area contributed by atoms with E-state index in [0.29, 0.717) is 18.0 Å². The molecule has 1 saturated carbocycles. The maximum absolute atomic E-state index is 12.7. The molecule has 0 bridgehead atoms. The molecule has 0 spiro atoms. The molecular formula is C17H19N5O. The third-order valence-corrected chi connectivity index (χ3v) is 4.59. The van der Waals surface area contributed by atoms with Crippen LogP contribution in [0.4, 0.5) is 0 Å². The molecule has 6 nitrogen and oxygen atoms in total. The number of piperidine rings is 1. The lowest BCUT2D eigenvalue weighted by atomic mass is 9.94. The van der Waals surface area contributed by atoms with Crippen LogP contribution >= 0.6 is 0 Å². The Morgan fingerprint density at radius 3 is 2.61 bits per heavy atom. The summed E-state index contributed by atoms with van der Waals surface area (Å²) in [6.45, 7) is 1.48. The van der Waals surface area contributed by atoms with Crippen LogP contribution in [0.25, 0.3) is 0 Å². The van der Waals surface area contributed by atoms with Crippen molar-refractivity contribution in [3.8, 4) is 0 Å². The van der Waals surface area contributed by atoms with Crippen molar-refractivity contribution < 1.29 is 4.79 Å². The van der Waals surface area contributed by atoms with Gasteiger partial charge in [-0.3, -0.25) is 4.79 Å². The molecule has 2 fully saturated rings. The van der Waals surface area contributed by atoms with Gasteiger partial charge in [-0.05, 0) is 31.7 Å². The average molecular weight is 309 g/mol. The standard InChI is InChI=1S/C17H19N5O/c23-17(14-8-19-16(20-9-14)12-3-4-12)22-7-1-2-13(10-22)15-5-6-18-11-21-15/h5-6,8-9,11-13H,1-4,7,10H2/t13-/m0/s1. The lowest BCUT2D eigenvalue weighted by molar-refractivity contribution is 0.0705. The summed E-state index contributed by atoms with van der Waals surface area (Å²) in [6.07, 6.45) is 11.1. The fourth-order valence-electron chi connectivity index (χ4n) is 3.13. The Labute approximate surface area is 135 Å². The summed E-state index contributed by atoms with van der Waals surface area (Å²) < 4.78 is 0. The Hall–Kier alpha value is -2.37. The van der Waals surface area contributed by atoms with Gasteiger partial charge in [0.25, 0.3) is 5.91 Å². The van der Waals surface area contributed by atoms with Crippen LogP contribution in [0.2, 0.25) is 0 Å². The number of nitrogens with zero attached hydrogens (tertiary/aromatic N) is 5. The smallest absolute Gasteiger partial charge is 0.257 e. The third kappa shape index (κ3) is 3.06. The second-order valence-electron chi connectivity index (χ2n) is 6.33. The molecule has 0 N–H and O–H groups in total. The Bertz CT molecular complexity index is 684. The molecule has 1 saturated heterocycles. The first-order chi connectivity index (χ1) is 11.3. The van der Waals surface area contributed by atoms with Crippen LogP contribution in [0, 0.1) is 0 Å². The minimum Gasteiger partial charge on any atom is -0.338 e. The minimum absolute atomic E-state index is 0.0195.